The second-order valence-corrected chi connectivity index (χ2v) is 6.51. The van der Waals surface area contributed by atoms with E-state index in [1.54, 1.807) is 26.8 Å². The number of carboxylic acid groups (broad SMARTS) is 1. The van der Waals surface area contributed by atoms with Crippen LogP contribution in [0.1, 0.15) is 52.0 Å². The summed E-state index contributed by atoms with van der Waals surface area (Å²) in [6.45, 7) is 5.25. The molecule has 1 rings (SSSR count). The number of hydrogen-bond acceptors (Lipinski definition) is 4. The van der Waals surface area contributed by atoms with Gasteiger partial charge in [0.2, 0.25) is 0 Å². The first kappa shape index (κ1) is 18.9. The summed E-state index contributed by atoms with van der Waals surface area (Å²) >= 11 is 0. The van der Waals surface area contributed by atoms with Crippen molar-refractivity contribution in [2.24, 2.45) is 0 Å². The van der Waals surface area contributed by atoms with Crippen LogP contribution in [0.15, 0.2) is 42.0 Å². The van der Waals surface area contributed by atoms with E-state index in [2.05, 4.69) is 12.1 Å². The van der Waals surface area contributed by atoms with E-state index >= 15 is 0 Å². The van der Waals surface area contributed by atoms with Crippen LogP contribution < -0.4 is 5.11 Å². The summed E-state index contributed by atoms with van der Waals surface area (Å²) in [6.07, 6.45) is 4.73. The van der Waals surface area contributed by atoms with Gasteiger partial charge in [-0.05, 0) is 52.0 Å². The largest absolute Gasteiger partial charge is 0.550 e. The van der Waals surface area contributed by atoms with Gasteiger partial charge in [-0.3, -0.25) is 0 Å². The number of hydrogen-bond donors (Lipinski definition) is 0. The molecule has 0 radical (unpaired) electrons. The maximum Gasteiger partial charge on any atom is 0.334 e. The predicted molar refractivity (Wildman–Crippen MR) is 87.5 cm³/mol. The Hall–Kier alpha value is -2.10. The minimum absolute atomic E-state index is 0.166. The third kappa shape index (κ3) is 8.81. The molecule has 1 aromatic carbocycles. The molecular weight excluding hydrogens is 292 g/mol. The Kier molecular flexibility index (Phi) is 7.52. The lowest BCUT2D eigenvalue weighted by atomic mass is 10.1. The molecule has 0 saturated carbocycles. The van der Waals surface area contributed by atoms with Gasteiger partial charge in [-0.1, -0.05) is 36.4 Å². The molecule has 0 heterocycles. The van der Waals surface area contributed by atoms with Crippen molar-refractivity contribution in [2.45, 2.75) is 58.5 Å². The van der Waals surface area contributed by atoms with E-state index in [0.29, 0.717) is 6.42 Å². The molecule has 4 nitrogen and oxygen atoms in total. The highest BCUT2D eigenvalue weighted by Gasteiger charge is 2.19. The molecule has 0 fully saturated rings. The molecule has 0 aromatic heterocycles. The molecule has 1 aromatic rings. The molecule has 126 valence electrons. The van der Waals surface area contributed by atoms with E-state index in [1.807, 2.05) is 18.2 Å². The minimum atomic E-state index is -1.27. The lowest BCUT2D eigenvalue weighted by Gasteiger charge is -2.20. The lowest BCUT2D eigenvalue weighted by Crippen LogP contribution is -2.28. The predicted octanol–water partition coefficient (Wildman–Crippen LogP) is 2.81. The molecular formula is C19H25O4-. The van der Waals surface area contributed by atoms with E-state index in [1.165, 1.54) is 5.56 Å². The normalized spacial score (nSPS) is 12.0. The Balaban J connectivity index is 2.49. The molecule has 0 saturated heterocycles. The lowest BCUT2D eigenvalue weighted by molar-refractivity contribution is -0.304. The molecule has 0 atom stereocenters. The van der Waals surface area contributed by atoms with Gasteiger partial charge < -0.3 is 14.6 Å². The van der Waals surface area contributed by atoms with Crippen molar-refractivity contribution >= 4 is 11.9 Å². The third-order valence-corrected chi connectivity index (χ3v) is 3.15. The number of carbonyl (C=O) groups is 2. The molecule has 0 amide bonds. The number of ether oxygens (including phenoxy) is 1. The molecule has 0 unspecified atom stereocenters. The van der Waals surface area contributed by atoms with E-state index in [-0.39, 0.29) is 5.57 Å². The molecule has 23 heavy (non-hydrogen) atoms. The standard InChI is InChI=1S/C19H26O4/c1-19(2,3)23-18(22)16(14-17(20)21)13-9-5-8-12-15-10-6-4-7-11-15/h4,6-7,10-11,13H,5,8-9,12,14H2,1-3H3,(H,20,21)/p-1/b16-13-. The molecule has 4 heteroatoms. The van der Waals surface area contributed by atoms with Crippen LogP contribution in [-0.4, -0.2) is 17.5 Å². The van der Waals surface area contributed by atoms with Gasteiger partial charge in [-0.25, -0.2) is 4.79 Å². The quantitative estimate of drug-likeness (QED) is 0.420. The van der Waals surface area contributed by atoms with Gasteiger partial charge in [0.05, 0.1) is 0 Å². The molecule has 0 N–H and O–H groups in total. The van der Waals surface area contributed by atoms with Crippen molar-refractivity contribution in [3.05, 3.63) is 47.5 Å². The summed E-state index contributed by atoms with van der Waals surface area (Å²) in [4.78, 5) is 22.8. The molecule has 0 spiro atoms. The minimum Gasteiger partial charge on any atom is -0.550 e. The summed E-state index contributed by atoms with van der Waals surface area (Å²) in [7, 11) is 0. The average molecular weight is 317 g/mol. The van der Waals surface area contributed by atoms with E-state index < -0.39 is 24.0 Å². The maximum atomic E-state index is 12.0. The number of aliphatic carboxylic acids is 1. The highest BCUT2D eigenvalue weighted by atomic mass is 16.6. The van der Waals surface area contributed by atoms with Crippen molar-refractivity contribution in [1.29, 1.82) is 0 Å². The molecule has 0 bridgehead atoms. The monoisotopic (exact) mass is 317 g/mol. The van der Waals surface area contributed by atoms with Gasteiger partial charge in [-0.15, -0.1) is 0 Å². The molecule has 0 aliphatic heterocycles. The van der Waals surface area contributed by atoms with Crippen LogP contribution in [-0.2, 0) is 20.7 Å². The highest BCUT2D eigenvalue weighted by Crippen LogP contribution is 2.15. The number of carboxylic acids is 1. The maximum absolute atomic E-state index is 12.0. The van der Waals surface area contributed by atoms with Gasteiger partial charge >= 0.3 is 5.97 Å². The fraction of sp³-hybridized carbons (Fsp3) is 0.474. The van der Waals surface area contributed by atoms with E-state index in [4.69, 9.17) is 4.74 Å². The Morgan fingerprint density at radius 2 is 1.78 bits per heavy atom. The van der Waals surface area contributed by atoms with Crippen LogP contribution in [0.2, 0.25) is 0 Å². The van der Waals surface area contributed by atoms with E-state index in [9.17, 15) is 14.7 Å². The van der Waals surface area contributed by atoms with Crippen LogP contribution in [0.3, 0.4) is 0 Å². The second-order valence-electron chi connectivity index (χ2n) is 6.51. The number of unbranched alkanes of at least 4 members (excludes halogenated alkanes) is 2. The van der Waals surface area contributed by atoms with Gasteiger partial charge in [0.15, 0.2) is 0 Å². The van der Waals surface area contributed by atoms with Crippen LogP contribution in [0, 0.1) is 0 Å². The molecule has 0 aliphatic carbocycles. The van der Waals surface area contributed by atoms with Crippen LogP contribution in [0.25, 0.3) is 0 Å². The number of benzene rings is 1. The van der Waals surface area contributed by atoms with E-state index in [0.717, 1.165) is 19.3 Å². The number of carbonyl (C=O) groups excluding carboxylic acids is 2. The topological polar surface area (TPSA) is 66.4 Å². The van der Waals surface area contributed by atoms with Crippen molar-refractivity contribution < 1.29 is 19.4 Å². The third-order valence-electron chi connectivity index (χ3n) is 3.15. The number of esters is 1. The summed E-state index contributed by atoms with van der Waals surface area (Å²) in [5.74, 6) is -1.85. The zero-order chi connectivity index (χ0) is 17.3. The first-order valence-electron chi connectivity index (χ1n) is 7.94. The fourth-order valence-corrected chi connectivity index (χ4v) is 2.12. The van der Waals surface area contributed by atoms with Crippen LogP contribution in [0.5, 0.6) is 0 Å². The Labute approximate surface area is 138 Å². The molecule has 0 aliphatic rings. The Morgan fingerprint density at radius 3 is 2.35 bits per heavy atom. The van der Waals surface area contributed by atoms with Crippen LogP contribution >= 0.6 is 0 Å². The number of aryl methyl sites for hydroxylation is 1. The average Bonchev–Trinajstić information content (AvgIpc) is 2.44. The van der Waals surface area contributed by atoms with Crippen LogP contribution in [0.4, 0.5) is 0 Å². The van der Waals surface area contributed by atoms with Gasteiger partial charge in [-0.2, -0.15) is 0 Å². The van der Waals surface area contributed by atoms with Crippen molar-refractivity contribution in [2.75, 3.05) is 0 Å². The number of allylic oxidation sites excluding steroid dienone is 1. The first-order valence-corrected chi connectivity index (χ1v) is 7.94. The van der Waals surface area contributed by atoms with Gasteiger partial charge in [0.25, 0.3) is 0 Å². The fourth-order valence-electron chi connectivity index (χ4n) is 2.12. The second kappa shape index (κ2) is 9.13. The zero-order valence-electron chi connectivity index (χ0n) is 14.1. The summed E-state index contributed by atoms with van der Waals surface area (Å²) < 4.78 is 5.23. The van der Waals surface area contributed by atoms with Gasteiger partial charge in [0, 0.05) is 18.0 Å². The smallest absolute Gasteiger partial charge is 0.334 e. The summed E-state index contributed by atoms with van der Waals surface area (Å²) in [5.41, 5.74) is 0.799. The highest BCUT2D eigenvalue weighted by molar-refractivity contribution is 5.93. The summed E-state index contributed by atoms with van der Waals surface area (Å²) in [6, 6.07) is 10.2. The Bertz CT molecular complexity index is 538. The summed E-state index contributed by atoms with van der Waals surface area (Å²) in [5, 5.41) is 10.8. The van der Waals surface area contributed by atoms with Crippen molar-refractivity contribution in [3.63, 3.8) is 0 Å². The van der Waals surface area contributed by atoms with Gasteiger partial charge in [0.1, 0.15) is 5.60 Å². The van der Waals surface area contributed by atoms with Crippen molar-refractivity contribution in [3.8, 4) is 0 Å². The Morgan fingerprint density at radius 1 is 1.13 bits per heavy atom. The number of rotatable bonds is 8. The zero-order valence-corrected chi connectivity index (χ0v) is 14.1. The SMILES string of the molecule is CC(C)(C)OC(=O)/C(=C\CCCCc1ccccc1)CC(=O)[O-]. The first-order chi connectivity index (χ1) is 10.8. The van der Waals surface area contributed by atoms with Crippen molar-refractivity contribution in [1.82, 2.24) is 0 Å².